The molecule has 2 N–H and O–H groups in total. The molecule has 2 rings (SSSR count). The average molecular weight is 351 g/mol. The number of sulfonamides is 1. The van der Waals surface area contributed by atoms with E-state index in [0.717, 1.165) is 23.5 Å². The Labute approximate surface area is 128 Å². The molecule has 6 nitrogen and oxygen atoms in total. The Kier molecular flexibility index (Phi) is 4.45. The number of aromatic nitrogens is 1. The van der Waals surface area contributed by atoms with Crippen molar-refractivity contribution < 1.29 is 22.7 Å². The Balaban J connectivity index is 2.23. The summed E-state index contributed by atoms with van der Waals surface area (Å²) in [5, 5.41) is 8.74. The quantitative estimate of drug-likeness (QED) is 0.863. The molecule has 0 spiro atoms. The maximum atomic E-state index is 12.9. The van der Waals surface area contributed by atoms with Crippen LogP contribution in [0.25, 0.3) is 0 Å². The maximum Gasteiger partial charge on any atom is 0.357 e. The van der Waals surface area contributed by atoms with Gasteiger partial charge in [0.25, 0.3) is 0 Å². The van der Waals surface area contributed by atoms with Crippen molar-refractivity contribution in [3.63, 3.8) is 0 Å². The first-order chi connectivity index (χ1) is 9.78. The Morgan fingerprint density at radius 1 is 1.48 bits per heavy atom. The molecule has 0 saturated carbocycles. The molecule has 0 amide bonds. The van der Waals surface area contributed by atoms with E-state index in [2.05, 4.69) is 9.71 Å². The van der Waals surface area contributed by atoms with Crippen LogP contribution in [0.2, 0.25) is 5.02 Å². The highest BCUT2D eigenvalue weighted by molar-refractivity contribution is 7.92. The zero-order valence-electron chi connectivity index (χ0n) is 10.2. The number of nitrogens with one attached hydrogen (secondary N) is 1. The summed E-state index contributed by atoms with van der Waals surface area (Å²) in [6.45, 7) is 0. The number of aromatic carboxylic acids is 1. The molecule has 2 aromatic rings. The van der Waals surface area contributed by atoms with Crippen molar-refractivity contribution in [3.8, 4) is 0 Å². The molecule has 0 saturated heterocycles. The predicted octanol–water partition coefficient (Wildman–Crippen LogP) is 2.58. The summed E-state index contributed by atoms with van der Waals surface area (Å²) in [6, 6.07) is 3.34. The van der Waals surface area contributed by atoms with Gasteiger partial charge in [0.1, 0.15) is 10.8 Å². The summed E-state index contributed by atoms with van der Waals surface area (Å²) in [7, 11) is -3.90. The number of hydrogen-bond acceptors (Lipinski definition) is 5. The van der Waals surface area contributed by atoms with Crippen molar-refractivity contribution in [2.45, 2.75) is 5.75 Å². The lowest BCUT2D eigenvalue weighted by Gasteiger charge is -2.08. The highest BCUT2D eigenvalue weighted by Gasteiger charge is 2.20. The largest absolute Gasteiger partial charge is 0.476 e. The van der Waals surface area contributed by atoms with Crippen LogP contribution in [0.3, 0.4) is 0 Å². The third-order valence-electron chi connectivity index (χ3n) is 2.38. The van der Waals surface area contributed by atoms with E-state index in [4.69, 9.17) is 16.7 Å². The number of thiazole rings is 1. The predicted molar refractivity (Wildman–Crippen MR) is 76.7 cm³/mol. The molecule has 112 valence electrons. The molecule has 0 fully saturated rings. The standard InChI is InChI=1S/C11H8ClFN2O4S2/c12-8-3-7(13)2-1-6(8)4-21(18,19)15-10-9(11(16)17)14-5-20-10/h1-3,5,15H,4H2,(H,16,17). The van der Waals surface area contributed by atoms with E-state index in [9.17, 15) is 17.6 Å². The molecule has 0 aliphatic rings. The van der Waals surface area contributed by atoms with E-state index < -0.39 is 27.6 Å². The first kappa shape index (κ1) is 15.7. The summed E-state index contributed by atoms with van der Waals surface area (Å²) in [5.74, 6) is -2.43. The van der Waals surface area contributed by atoms with Crippen LogP contribution >= 0.6 is 22.9 Å². The Morgan fingerprint density at radius 2 is 2.19 bits per heavy atom. The maximum absolute atomic E-state index is 12.9. The van der Waals surface area contributed by atoms with Crippen LogP contribution in [0.5, 0.6) is 0 Å². The van der Waals surface area contributed by atoms with Gasteiger partial charge in [0.15, 0.2) is 5.69 Å². The smallest absolute Gasteiger partial charge is 0.357 e. The van der Waals surface area contributed by atoms with Crippen molar-refractivity contribution in [1.29, 1.82) is 0 Å². The Hall–Kier alpha value is -1.71. The summed E-state index contributed by atoms with van der Waals surface area (Å²) < 4.78 is 39.0. The van der Waals surface area contributed by atoms with Gasteiger partial charge in [-0.25, -0.2) is 22.6 Å². The van der Waals surface area contributed by atoms with Gasteiger partial charge in [-0.05, 0) is 17.7 Å². The van der Waals surface area contributed by atoms with E-state index in [1.807, 2.05) is 0 Å². The molecule has 0 radical (unpaired) electrons. The second-order valence-electron chi connectivity index (χ2n) is 3.93. The molecular weight excluding hydrogens is 343 g/mol. The van der Waals surface area contributed by atoms with Crippen LogP contribution in [0.1, 0.15) is 16.1 Å². The molecule has 0 aliphatic heterocycles. The Morgan fingerprint density at radius 3 is 2.81 bits per heavy atom. The van der Waals surface area contributed by atoms with Gasteiger partial charge in [-0.2, -0.15) is 0 Å². The summed E-state index contributed by atoms with van der Waals surface area (Å²) in [4.78, 5) is 14.4. The number of benzene rings is 1. The van der Waals surface area contributed by atoms with Gasteiger partial charge in [-0.1, -0.05) is 17.7 Å². The molecule has 0 bridgehead atoms. The SMILES string of the molecule is O=C(O)c1ncsc1NS(=O)(=O)Cc1ccc(F)cc1Cl. The lowest BCUT2D eigenvalue weighted by atomic mass is 10.2. The first-order valence-corrected chi connectivity index (χ1v) is 8.30. The fourth-order valence-electron chi connectivity index (χ4n) is 1.49. The topological polar surface area (TPSA) is 96.4 Å². The van der Waals surface area contributed by atoms with Gasteiger partial charge in [0.05, 0.1) is 11.3 Å². The number of carbonyl (C=O) groups is 1. The van der Waals surface area contributed by atoms with Crippen LogP contribution in [0.15, 0.2) is 23.7 Å². The number of anilines is 1. The van der Waals surface area contributed by atoms with Crippen LogP contribution in [0.4, 0.5) is 9.39 Å². The van der Waals surface area contributed by atoms with Crippen molar-refractivity contribution in [1.82, 2.24) is 4.98 Å². The minimum absolute atomic E-state index is 0.0249. The molecule has 0 unspecified atom stereocenters. The number of halogens is 2. The second kappa shape index (κ2) is 5.96. The van der Waals surface area contributed by atoms with E-state index >= 15 is 0 Å². The first-order valence-electron chi connectivity index (χ1n) is 5.40. The fraction of sp³-hybridized carbons (Fsp3) is 0.0909. The normalized spacial score (nSPS) is 11.3. The molecule has 1 heterocycles. The highest BCUT2D eigenvalue weighted by Crippen LogP contribution is 2.24. The monoisotopic (exact) mass is 350 g/mol. The van der Waals surface area contributed by atoms with E-state index in [1.165, 1.54) is 11.6 Å². The van der Waals surface area contributed by atoms with Gasteiger partial charge in [0, 0.05) is 5.02 Å². The molecule has 1 aromatic carbocycles. The fourth-order valence-corrected chi connectivity index (χ4v) is 4.01. The lowest BCUT2D eigenvalue weighted by molar-refractivity contribution is 0.0692. The number of carboxylic acid groups (broad SMARTS) is 1. The molecule has 0 atom stereocenters. The summed E-state index contributed by atoms with van der Waals surface area (Å²) >= 11 is 6.61. The molecule has 1 aromatic heterocycles. The number of hydrogen-bond donors (Lipinski definition) is 2. The van der Waals surface area contributed by atoms with Gasteiger partial charge < -0.3 is 5.11 Å². The van der Waals surface area contributed by atoms with Crippen LogP contribution in [0, 0.1) is 5.82 Å². The molecule has 0 aliphatic carbocycles. The van der Waals surface area contributed by atoms with Crippen molar-refractivity contribution in [2.75, 3.05) is 4.72 Å². The average Bonchev–Trinajstić information content (AvgIpc) is 2.80. The molecule has 21 heavy (non-hydrogen) atoms. The van der Waals surface area contributed by atoms with Gasteiger partial charge in [-0.3, -0.25) is 4.72 Å². The third-order valence-corrected chi connectivity index (χ3v) is 4.81. The Bertz CT molecular complexity index is 791. The zero-order chi connectivity index (χ0) is 15.6. The minimum atomic E-state index is -3.90. The van der Waals surface area contributed by atoms with Gasteiger partial charge in [0.2, 0.25) is 10.0 Å². The molecule has 10 heteroatoms. The van der Waals surface area contributed by atoms with E-state index in [0.29, 0.717) is 0 Å². The van der Waals surface area contributed by atoms with Crippen molar-refractivity contribution in [2.24, 2.45) is 0 Å². The van der Waals surface area contributed by atoms with Gasteiger partial charge >= 0.3 is 5.97 Å². The third kappa shape index (κ3) is 3.90. The highest BCUT2D eigenvalue weighted by atomic mass is 35.5. The van der Waals surface area contributed by atoms with Crippen molar-refractivity contribution >= 4 is 43.9 Å². The number of nitrogens with zero attached hydrogens (tertiary/aromatic N) is 1. The zero-order valence-corrected chi connectivity index (χ0v) is 12.6. The van der Waals surface area contributed by atoms with E-state index in [-0.39, 0.29) is 21.3 Å². The van der Waals surface area contributed by atoms with Crippen LogP contribution < -0.4 is 4.72 Å². The van der Waals surface area contributed by atoms with E-state index in [1.54, 1.807) is 0 Å². The number of carboxylic acids is 1. The minimum Gasteiger partial charge on any atom is -0.476 e. The number of rotatable bonds is 5. The van der Waals surface area contributed by atoms with Crippen LogP contribution in [-0.4, -0.2) is 24.5 Å². The van der Waals surface area contributed by atoms with Crippen LogP contribution in [-0.2, 0) is 15.8 Å². The molecular formula is C11H8ClFN2O4S2. The second-order valence-corrected chi connectivity index (χ2v) is 6.92. The van der Waals surface area contributed by atoms with Crippen molar-refractivity contribution in [3.05, 3.63) is 45.8 Å². The summed E-state index contributed by atoms with van der Waals surface area (Å²) in [6.07, 6.45) is 0. The van der Waals surface area contributed by atoms with Gasteiger partial charge in [-0.15, -0.1) is 11.3 Å². The summed E-state index contributed by atoms with van der Waals surface area (Å²) in [5.41, 5.74) is 1.03. The lowest BCUT2D eigenvalue weighted by Crippen LogP contribution is -2.16.